The van der Waals surface area contributed by atoms with E-state index in [9.17, 15) is 18.0 Å². The Morgan fingerprint density at radius 2 is 1.84 bits per heavy atom. The van der Waals surface area contributed by atoms with Crippen molar-refractivity contribution in [3.05, 3.63) is 59.3 Å². The summed E-state index contributed by atoms with van der Waals surface area (Å²) in [6, 6.07) is 11.2. The minimum absolute atomic E-state index is 0.0330. The standard InChI is InChI=1S/C21H18F3N7O/c1-12-17-14(10-15(13-6-4-3-5-7-13)25-18(17)29(2)28-12)19(32)30-8-9-31-16(11-30)26-27-20(31)21(22,23)24/h3-7,10H,8-9,11H2,1-2H3. The molecule has 0 atom stereocenters. The van der Waals surface area contributed by atoms with Crippen LogP contribution >= 0.6 is 0 Å². The third-order valence-corrected chi connectivity index (χ3v) is 5.56. The molecular weight excluding hydrogens is 423 g/mol. The number of fused-ring (bicyclic) bond motifs is 2. The molecule has 0 saturated heterocycles. The summed E-state index contributed by atoms with van der Waals surface area (Å²) in [5.41, 5.74) is 3.08. The normalized spacial score (nSPS) is 14.1. The maximum absolute atomic E-state index is 13.6. The van der Waals surface area contributed by atoms with Crippen LogP contribution in [0.5, 0.6) is 0 Å². The van der Waals surface area contributed by atoms with E-state index in [-0.39, 0.29) is 31.4 Å². The van der Waals surface area contributed by atoms with Gasteiger partial charge in [-0.3, -0.25) is 9.48 Å². The lowest BCUT2D eigenvalue weighted by Gasteiger charge is -2.28. The zero-order chi connectivity index (χ0) is 22.6. The first-order chi connectivity index (χ1) is 15.2. The number of benzene rings is 1. The van der Waals surface area contributed by atoms with E-state index in [4.69, 9.17) is 4.98 Å². The van der Waals surface area contributed by atoms with Gasteiger partial charge in [0, 0.05) is 25.7 Å². The van der Waals surface area contributed by atoms with Gasteiger partial charge < -0.3 is 9.47 Å². The highest BCUT2D eigenvalue weighted by Gasteiger charge is 2.40. The molecule has 0 unspecified atom stereocenters. The third kappa shape index (κ3) is 3.20. The van der Waals surface area contributed by atoms with E-state index in [1.54, 1.807) is 24.7 Å². The Kier molecular flexibility index (Phi) is 4.50. The van der Waals surface area contributed by atoms with Gasteiger partial charge in [0.05, 0.1) is 28.9 Å². The number of rotatable bonds is 2. The maximum atomic E-state index is 13.6. The van der Waals surface area contributed by atoms with Gasteiger partial charge in [-0.05, 0) is 13.0 Å². The molecule has 5 rings (SSSR count). The van der Waals surface area contributed by atoms with E-state index in [1.165, 1.54) is 4.90 Å². The van der Waals surface area contributed by atoms with E-state index in [0.717, 1.165) is 10.1 Å². The zero-order valence-corrected chi connectivity index (χ0v) is 17.3. The second kappa shape index (κ2) is 7.14. The molecule has 0 bridgehead atoms. The molecule has 0 spiro atoms. The fourth-order valence-corrected chi connectivity index (χ4v) is 4.08. The van der Waals surface area contributed by atoms with Gasteiger partial charge in [-0.25, -0.2) is 4.98 Å². The second-order valence-electron chi connectivity index (χ2n) is 7.64. The molecule has 0 saturated carbocycles. The number of halogens is 3. The Morgan fingerprint density at radius 1 is 1.09 bits per heavy atom. The van der Waals surface area contributed by atoms with Crippen molar-refractivity contribution in [1.82, 2.24) is 34.4 Å². The molecule has 1 amide bonds. The van der Waals surface area contributed by atoms with Crippen LogP contribution in [0.2, 0.25) is 0 Å². The van der Waals surface area contributed by atoms with Gasteiger partial charge in [-0.15, -0.1) is 10.2 Å². The molecule has 0 fully saturated rings. The molecular formula is C21H18F3N7O. The van der Waals surface area contributed by atoms with E-state index >= 15 is 0 Å². The number of carbonyl (C=O) groups is 1. The summed E-state index contributed by atoms with van der Waals surface area (Å²) in [6.45, 7) is 1.81. The summed E-state index contributed by atoms with van der Waals surface area (Å²) in [4.78, 5) is 19.7. The quantitative estimate of drug-likeness (QED) is 0.477. The Bertz CT molecular complexity index is 1340. The monoisotopic (exact) mass is 441 g/mol. The molecule has 3 aromatic heterocycles. The summed E-state index contributed by atoms with van der Waals surface area (Å²) in [5.74, 6) is -1.25. The number of pyridine rings is 1. The second-order valence-corrected chi connectivity index (χ2v) is 7.64. The maximum Gasteiger partial charge on any atom is 0.451 e. The lowest BCUT2D eigenvalue weighted by molar-refractivity contribution is -0.147. The molecule has 1 aliphatic rings. The van der Waals surface area contributed by atoms with Crippen LogP contribution in [0.4, 0.5) is 13.2 Å². The molecule has 0 N–H and O–H groups in total. The summed E-state index contributed by atoms with van der Waals surface area (Å²) < 4.78 is 42.1. The molecule has 4 aromatic rings. The van der Waals surface area contributed by atoms with Crippen molar-refractivity contribution >= 4 is 16.9 Å². The molecule has 1 aromatic carbocycles. The number of aromatic nitrogens is 6. The van der Waals surface area contributed by atoms with Crippen molar-refractivity contribution in [2.75, 3.05) is 6.54 Å². The summed E-state index contributed by atoms with van der Waals surface area (Å²) in [6.07, 6.45) is -4.59. The summed E-state index contributed by atoms with van der Waals surface area (Å²) in [5, 5.41) is 12.0. The molecule has 11 heteroatoms. The highest BCUT2D eigenvalue weighted by atomic mass is 19.4. The Balaban J connectivity index is 1.57. The Morgan fingerprint density at radius 3 is 2.56 bits per heavy atom. The van der Waals surface area contributed by atoms with Crippen LogP contribution in [0.1, 0.15) is 27.7 Å². The number of aryl methyl sites for hydroxylation is 2. The van der Waals surface area contributed by atoms with Crippen LogP contribution < -0.4 is 0 Å². The molecule has 32 heavy (non-hydrogen) atoms. The molecule has 8 nitrogen and oxygen atoms in total. The minimum atomic E-state index is -4.59. The van der Waals surface area contributed by atoms with Crippen LogP contribution in [0, 0.1) is 6.92 Å². The number of alkyl halides is 3. The largest absolute Gasteiger partial charge is 0.451 e. The number of hydrogen-bond donors (Lipinski definition) is 0. The minimum Gasteiger partial charge on any atom is -0.329 e. The fourth-order valence-electron chi connectivity index (χ4n) is 4.08. The van der Waals surface area contributed by atoms with Crippen molar-refractivity contribution in [2.45, 2.75) is 26.2 Å². The van der Waals surface area contributed by atoms with E-state index in [1.807, 2.05) is 30.3 Å². The fraction of sp³-hybridized carbons (Fsp3) is 0.286. The van der Waals surface area contributed by atoms with Crippen molar-refractivity contribution in [3.8, 4) is 11.3 Å². The molecule has 164 valence electrons. The first-order valence-corrected chi connectivity index (χ1v) is 9.92. The average molecular weight is 441 g/mol. The van der Waals surface area contributed by atoms with Crippen LogP contribution in [-0.4, -0.2) is 46.9 Å². The van der Waals surface area contributed by atoms with Crippen molar-refractivity contribution in [3.63, 3.8) is 0 Å². The van der Waals surface area contributed by atoms with Crippen LogP contribution in [0.15, 0.2) is 36.4 Å². The predicted octanol–water partition coefficient (Wildman–Crippen LogP) is 3.21. The van der Waals surface area contributed by atoms with Gasteiger partial charge in [0.1, 0.15) is 0 Å². The summed E-state index contributed by atoms with van der Waals surface area (Å²) in [7, 11) is 1.76. The lowest BCUT2D eigenvalue weighted by Crippen LogP contribution is -2.39. The SMILES string of the molecule is Cc1nn(C)c2nc(-c3ccccc3)cc(C(=O)N3CCn4c(nnc4C(F)(F)F)C3)c12. The van der Waals surface area contributed by atoms with Crippen LogP contribution in [0.3, 0.4) is 0 Å². The lowest BCUT2D eigenvalue weighted by atomic mass is 10.0. The first-order valence-electron chi connectivity index (χ1n) is 9.92. The van der Waals surface area contributed by atoms with Gasteiger partial charge in [0.2, 0.25) is 5.82 Å². The zero-order valence-electron chi connectivity index (χ0n) is 17.3. The average Bonchev–Trinajstić information content (AvgIpc) is 3.33. The van der Waals surface area contributed by atoms with E-state index in [2.05, 4.69) is 15.3 Å². The molecule has 1 aliphatic heterocycles. The van der Waals surface area contributed by atoms with Crippen molar-refractivity contribution in [1.29, 1.82) is 0 Å². The van der Waals surface area contributed by atoms with Gasteiger partial charge in [-0.2, -0.15) is 18.3 Å². The first kappa shape index (κ1) is 20.2. The van der Waals surface area contributed by atoms with Crippen molar-refractivity contribution < 1.29 is 18.0 Å². The van der Waals surface area contributed by atoms with Gasteiger partial charge in [-0.1, -0.05) is 30.3 Å². The van der Waals surface area contributed by atoms with E-state index < -0.39 is 12.0 Å². The Labute approximate surface area is 180 Å². The van der Waals surface area contributed by atoms with Crippen LogP contribution in [-0.2, 0) is 26.3 Å². The van der Waals surface area contributed by atoms with Gasteiger partial charge in [0.25, 0.3) is 5.91 Å². The third-order valence-electron chi connectivity index (χ3n) is 5.56. The highest BCUT2D eigenvalue weighted by molar-refractivity contribution is 6.07. The summed E-state index contributed by atoms with van der Waals surface area (Å²) >= 11 is 0. The molecule has 4 heterocycles. The number of carbonyl (C=O) groups excluding carboxylic acids is 1. The van der Waals surface area contributed by atoms with Crippen molar-refractivity contribution in [2.24, 2.45) is 7.05 Å². The predicted molar refractivity (Wildman–Crippen MR) is 108 cm³/mol. The Hall–Kier alpha value is -3.76. The molecule has 0 aliphatic carbocycles. The smallest absolute Gasteiger partial charge is 0.329 e. The van der Waals surface area contributed by atoms with Gasteiger partial charge >= 0.3 is 6.18 Å². The number of amides is 1. The number of hydrogen-bond acceptors (Lipinski definition) is 5. The highest BCUT2D eigenvalue weighted by Crippen LogP contribution is 2.31. The van der Waals surface area contributed by atoms with Crippen LogP contribution in [0.25, 0.3) is 22.3 Å². The number of nitrogens with zero attached hydrogens (tertiary/aromatic N) is 7. The van der Waals surface area contributed by atoms with Gasteiger partial charge in [0.15, 0.2) is 11.5 Å². The van der Waals surface area contributed by atoms with E-state index in [0.29, 0.717) is 28.0 Å². The molecule has 0 radical (unpaired) electrons. The topological polar surface area (TPSA) is 81.7 Å².